The van der Waals surface area contributed by atoms with Gasteiger partial charge in [-0.05, 0) is 42.8 Å². The van der Waals surface area contributed by atoms with Crippen LogP contribution >= 0.6 is 15.9 Å². The van der Waals surface area contributed by atoms with Crippen LogP contribution in [0.5, 0.6) is 0 Å². The number of hydrogen-bond donors (Lipinski definition) is 3. The van der Waals surface area contributed by atoms with Gasteiger partial charge < -0.3 is 15.6 Å². The highest BCUT2D eigenvalue weighted by Gasteiger charge is 2.21. The van der Waals surface area contributed by atoms with Gasteiger partial charge in [-0.15, -0.1) is 0 Å². The molecule has 3 N–H and O–H groups in total. The van der Waals surface area contributed by atoms with Gasteiger partial charge in [-0.25, -0.2) is 9.37 Å². The maximum Gasteiger partial charge on any atom is 0.276 e. The van der Waals surface area contributed by atoms with Gasteiger partial charge in [-0.3, -0.25) is 9.59 Å². The summed E-state index contributed by atoms with van der Waals surface area (Å²) in [4.78, 5) is 31.4. The van der Waals surface area contributed by atoms with Gasteiger partial charge in [0, 0.05) is 10.2 Å². The van der Waals surface area contributed by atoms with E-state index in [9.17, 15) is 14.0 Å². The number of benzene rings is 2. The molecule has 0 bridgehead atoms. The van der Waals surface area contributed by atoms with Gasteiger partial charge in [0.25, 0.3) is 11.8 Å². The number of carbonyl (C=O) groups is 2. The van der Waals surface area contributed by atoms with Crippen molar-refractivity contribution in [3.63, 3.8) is 0 Å². The van der Waals surface area contributed by atoms with Crippen LogP contribution in [0.3, 0.4) is 0 Å². The zero-order valence-corrected chi connectivity index (χ0v) is 15.2. The molecule has 8 heteroatoms. The van der Waals surface area contributed by atoms with E-state index >= 15 is 0 Å². The van der Waals surface area contributed by atoms with Crippen molar-refractivity contribution < 1.29 is 14.0 Å². The van der Waals surface area contributed by atoms with Crippen molar-refractivity contribution in [2.75, 3.05) is 10.6 Å². The minimum absolute atomic E-state index is 0.0102. The van der Waals surface area contributed by atoms with Crippen molar-refractivity contribution in [3.8, 4) is 0 Å². The van der Waals surface area contributed by atoms with Gasteiger partial charge in [0.2, 0.25) is 0 Å². The van der Waals surface area contributed by atoms with E-state index in [0.29, 0.717) is 10.2 Å². The fraction of sp³-hybridized carbons (Fsp3) is 0.0556. The Labute approximate surface area is 157 Å². The first-order valence-corrected chi connectivity index (χ1v) is 8.41. The highest BCUT2D eigenvalue weighted by Crippen LogP contribution is 2.21. The molecule has 0 saturated carbocycles. The van der Waals surface area contributed by atoms with Gasteiger partial charge in [-0.1, -0.05) is 28.1 Å². The Hall–Kier alpha value is -3.00. The summed E-state index contributed by atoms with van der Waals surface area (Å²) in [6, 6.07) is 11.4. The summed E-state index contributed by atoms with van der Waals surface area (Å²) in [7, 11) is 0. The third-order valence-corrected chi connectivity index (χ3v) is 4.03. The average Bonchev–Trinajstić information content (AvgIpc) is 3.08. The molecule has 0 atom stereocenters. The molecule has 26 heavy (non-hydrogen) atoms. The predicted molar refractivity (Wildman–Crippen MR) is 99.8 cm³/mol. The predicted octanol–water partition coefficient (Wildman–Crippen LogP) is 4.12. The molecule has 0 aliphatic heterocycles. The quantitative estimate of drug-likeness (QED) is 0.597. The summed E-state index contributed by atoms with van der Waals surface area (Å²) >= 11 is 3.21. The van der Waals surface area contributed by atoms with E-state index in [1.54, 1.807) is 18.2 Å². The lowest BCUT2D eigenvalue weighted by Crippen LogP contribution is -2.20. The molecule has 0 unspecified atom stereocenters. The lowest BCUT2D eigenvalue weighted by atomic mass is 10.2. The van der Waals surface area contributed by atoms with Crippen molar-refractivity contribution in [2.24, 2.45) is 0 Å². The summed E-state index contributed by atoms with van der Waals surface area (Å²) in [6.07, 6.45) is 1.23. The van der Waals surface area contributed by atoms with Crippen LogP contribution in [0.25, 0.3) is 0 Å². The number of anilines is 2. The summed E-state index contributed by atoms with van der Waals surface area (Å²) in [5.41, 5.74) is 1.41. The fourth-order valence-corrected chi connectivity index (χ4v) is 2.69. The standard InChI is InChI=1S/C18H14BrFN4O2/c1-10-3-2-4-12(7-10)23-17(25)15-16(22-9-21-15)18(26)24-14-8-11(19)5-6-13(14)20/h2-9H,1H3,(H,21,22)(H,23,25)(H,24,26). The number of hydrogen-bond acceptors (Lipinski definition) is 3. The molecule has 3 aromatic rings. The zero-order valence-electron chi connectivity index (χ0n) is 13.6. The minimum Gasteiger partial charge on any atom is -0.340 e. The maximum atomic E-state index is 13.8. The number of carbonyl (C=O) groups excluding carboxylic acids is 2. The van der Waals surface area contributed by atoms with Gasteiger partial charge in [0.15, 0.2) is 5.69 Å². The molecule has 0 aliphatic rings. The topological polar surface area (TPSA) is 86.9 Å². The Kier molecular flexibility index (Phi) is 5.13. The van der Waals surface area contributed by atoms with Crippen LogP contribution in [0.4, 0.5) is 15.8 Å². The summed E-state index contributed by atoms with van der Waals surface area (Å²) in [5, 5.41) is 5.11. The molecule has 1 aromatic heterocycles. The third-order valence-electron chi connectivity index (χ3n) is 3.53. The van der Waals surface area contributed by atoms with E-state index in [0.717, 1.165) is 5.56 Å². The normalized spacial score (nSPS) is 10.4. The first-order valence-electron chi connectivity index (χ1n) is 7.62. The van der Waals surface area contributed by atoms with Crippen molar-refractivity contribution in [1.82, 2.24) is 9.97 Å². The smallest absolute Gasteiger partial charge is 0.276 e. The lowest BCUT2D eigenvalue weighted by molar-refractivity contribution is 0.0985. The molecule has 0 radical (unpaired) electrons. The molecule has 0 fully saturated rings. The molecule has 1 heterocycles. The van der Waals surface area contributed by atoms with Crippen molar-refractivity contribution in [3.05, 3.63) is 76.0 Å². The van der Waals surface area contributed by atoms with Crippen molar-refractivity contribution >= 4 is 39.1 Å². The molecule has 0 spiro atoms. The molecule has 3 rings (SSSR count). The highest BCUT2D eigenvalue weighted by molar-refractivity contribution is 9.10. The molecule has 6 nitrogen and oxygen atoms in total. The van der Waals surface area contributed by atoms with E-state index < -0.39 is 17.6 Å². The Balaban J connectivity index is 1.80. The van der Waals surface area contributed by atoms with E-state index in [1.165, 1.54) is 24.5 Å². The highest BCUT2D eigenvalue weighted by atomic mass is 79.9. The Morgan fingerprint density at radius 1 is 1.12 bits per heavy atom. The molecule has 0 saturated heterocycles. The van der Waals surface area contributed by atoms with Crippen LogP contribution < -0.4 is 10.6 Å². The molecule has 2 amide bonds. The summed E-state index contributed by atoms with van der Waals surface area (Å²) < 4.78 is 14.4. The number of H-pyrrole nitrogens is 1. The largest absolute Gasteiger partial charge is 0.340 e. The second-order valence-electron chi connectivity index (χ2n) is 5.53. The van der Waals surface area contributed by atoms with Crippen molar-refractivity contribution in [1.29, 1.82) is 0 Å². The molecular formula is C18H14BrFN4O2. The van der Waals surface area contributed by atoms with Gasteiger partial charge in [-0.2, -0.15) is 0 Å². The van der Waals surface area contributed by atoms with E-state index in [2.05, 4.69) is 36.5 Å². The number of nitrogens with zero attached hydrogens (tertiary/aromatic N) is 1. The Bertz CT molecular complexity index is 987. The number of aromatic amines is 1. The van der Waals surface area contributed by atoms with Crippen LogP contribution in [-0.2, 0) is 0 Å². The number of aryl methyl sites for hydroxylation is 1. The van der Waals surface area contributed by atoms with Crippen LogP contribution in [0.15, 0.2) is 53.3 Å². The van der Waals surface area contributed by atoms with E-state index in [1.807, 2.05) is 13.0 Å². The average molecular weight is 417 g/mol. The SMILES string of the molecule is Cc1cccc(NC(=O)c2nc[nH]c2C(=O)Nc2cc(Br)ccc2F)c1. The van der Waals surface area contributed by atoms with Gasteiger partial charge >= 0.3 is 0 Å². The van der Waals surface area contributed by atoms with Crippen LogP contribution in [0.2, 0.25) is 0 Å². The number of amides is 2. The van der Waals surface area contributed by atoms with Gasteiger partial charge in [0.1, 0.15) is 11.5 Å². The number of rotatable bonds is 4. The molecule has 2 aromatic carbocycles. The third kappa shape index (κ3) is 3.97. The molecule has 132 valence electrons. The Morgan fingerprint density at radius 3 is 2.69 bits per heavy atom. The number of nitrogens with one attached hydrogen (secondary N) is 3. The maximum absolute atomic E-state index is 13.8. The first kappa shape index (κ1) is 17.8. The fourth-order valence-electron chi connectivity index (χ4n) is 2.33. The van der Waals surface area contributed by atoms with Crippen LogP contribution in [0.1, 0.15) is 26.5 Å². The van der Waals surface area contributed by atoms with E-state index in [4.69, 9.17) is 0 Å². The second kappa shape index (κ2) is 7.49. The number of imidazole rings is 1. The molecular weight excluding hydrogens is 403 g/mol. The molecule has 0 aliphatic carbocycles. The summed E-state index contributed by atoms with van der Waals surface area (Å²) in [5.74, 6) is -1.81. The second-order valence-corrected chi connectivity index (χ2v) is 6.44. The monoisotopic (exact) mass is 416 g/mol. The Morgan fingerprint density at radius 2 is 1.92 bits per heavy atom. The van der Waals surface area contributed by atoms with Gasteiger partial charge in [0.05, 0.1) is 12.0 Å². The minimum atomic E-state index is -0.672. The lowest BCUT2D eigenvalue weighted by Gasteiger charge is -2.08. The summed E-state index contributed by atoms with van der Waals surface area (Å²) in [6.45, 7) is 1.90. The number of aromatic nitrogens is 2. The first-order chi connectivity index (χ1) is 12.4. The van der Waals surface area contributed by atoms with E-state index in [-0.39, 0.29) is 17.1 Å². The zero-order chi connectivity index (χ0) is 18.7. The number of halogens is 2. The van der Waals surface area contributed by atoms with Crippen LogP contribution in [-0.4, -0.2) is 21.8 Å². The van der Waals surface area contributed by atoms with Crippen molar-refractivity contribution in [2.45, 2.75) is 6.92 Å². The van der Waals surface area contributed by atoms with Crippen LogP contribution in [0, 0.1) is 12.7 Å².